The number of unbranched alkanes of at least 4 members (excludes halogenated alkanes) is 1. The number of aromatic nitrogens is 1. The van der Waals surface area contributed by atoms with E-state index in [1.807, 2.05) is 12.3 Å². The van der Waals surface area contributed by atoms with E-state index in [9.17, 15) is 0 Å². The second-order valence-corrected chi connectivity index (χ2v) is 3.01. The maximum atomic E-state index is 8.58. The molecule has 0 aliphatic heterocycles. The molecule has 1 N–H and O–H groups in total. The lowest BCUT2D eigenvalue weighted by atomic mass is 10.1. The summed E-state index contributed by atoms with van der Waals surface area (Å²) in [4.78, 5) is 4.23. The van der Waals surface area contributed by atoms with Crippen molar-refractivity contribution < 1.29 is 5.11 Å². The van der Waals surface area contributed by atoms with E-state index >= 15 is 0 Å². The molecule has 1 heterocycles. The average Bonchev–Trinajstić information content (AvgIpc) is 2.05. The van der Waals surface area contributed by atoms with Gasteiger partial charge in [0.25, 0.3) is 0 Å². The maximum Gasteiger partial charge on any atom is 0.0431 e. The van der Waals surface area contributed by atoms with E-state index in [0.717, 1.165) is 25.0 Å². The summed E-state index contributed by atoms with van der Waals surface area (Å²) in [6, 6.07) is 4.09. The van der Waals surface area contributed by atoms with Crippen molar-refractivity contribution in [2.24, 2.45) is 0 Å². The zero-order valence-corrected chi connectivity index (χ0v) is 7.45. The minimum Gasteiger partial charge on any atom is -0.396 e. The first-order valence-electron chi connectivity index (χ1n) is 4.35. The van der Waals surface area contributed by atoms with Crippen molar-refractivity contribution in [3.8, 4) is 0 Å². The summed E-state index contributed by atoms with van der Waals surface area (Å²) < 4.78 is 0. The summed E-state index contributed by atoms with van der Waals surface area (Å²) in [5.74, 6) is 0. The molecule has 0 atom stereocenters. The van der Waals surface area contributed by atoms with Gasteiger partial charge in [0.05, 0.1) is 0 Å². The van der Waals surface area contributed by atoms with Gasteiger partial charge in [0.15, 0.2) is 0 Å². The molecule has 12 heavy (non-hydrogen) atoms. The summed E-state index contributed by atoms with van der Waals surface area (Å²) in [5, 5.41) is 8.58. The number of aliphatic hydroxyl groups is 1. The Labute approximate surface area is 73.3 Å². The molecule has 2 nitrogen and oxygen atoms in total. The third kappa shape index (κ3) is 3.01. The van der Waals surface area contributed by atoms with E-state index in [1.165, 1.54) is 5.56 Å². The Morgan fingerprint density at radius 2 is 2.25 bits per heavy atom. The molecule has 0 radical (unpaired) electrons. The molecule has 0 saturated carbocycles. The summed E-state index contributed by atoms with van der Waals surface area (Å²) in [6.07, 6.45) is 4.70. The molecular weight excluding hydrogens is 150 g/mol. The predicted molar refractivity (Wildman–Crippen MR) is 49.0 cm³/mol. The van der Waals surface area contributed by atoms with Crippen molar-refractivity contribution in [2.45, 2.75) is 26.2 Å². The molecule has 1 aromatic rings. The van der Waals surface area contributed by atoms with Crippen molar-refractivity contribution in [3.63, 3.8) is 0 Å². The molecule has 0 saturated heterocycles. The predicted octanol–water partition coefficient (Wildman–Crippen LogP) is 1.71. The molecule has 0 amide bonds. The van der Waals surface area contributed by atoms with Crippen LogP contribution in [0.2, 0.25) is 0 Å². The van der Waals surface area contributed by atoms with Gasteiger partial charge in [-0.25, -0.2) is 0 Å². The monoisotopic (exact) mass is 165 g/mol. The third-order valence-electron chi connectivity index (χ3n) is 1.81. The van der Waals surface area contributed by atoms with Crippen LogP contribution in [0.1, 0.15) is 24.1 Å². The van der Waals surface area contributed by atoms with E-state index in [2.05, 4.69) is 18.0 Å². The lowest BCUT2D eigenvalue weighted by molar-refractivity contribution is 0.284. The first-order valence-corrected chi connectivity index (χ1v) is 4.35. The topological polar surface area (TPSA) is 33.1 Å². The number of hydrogen-bond acceptors (Lipinski definition) is 2. The zero-order valence-electron chi connectivity index (χ0n) is 7.45. The largest absolute Gasteiger partial charge is 0.396 e. The van der Waals surface area contributed by atoms with E-state index in [1.54, 1.807) is 0 Å². The van der Waals surface area contributed by atoms with Crippen molar-refractivity contribution in [2.75, 3.05) is 6.61 Å². The lowest BCUT2D eigenvalue weighted by Crippen LogP contribution is -1.92. The molecule has 0 unspecified atom stereocenters. The number of hydrogen-bond donors (Lipinski definition) is 1. The van der Waals surface area contributed by atoms with E-state index < -0.39 is 0 Å². The minimum absolute atomic E-state index is 0.284. The fourth-order valence-corrected chi connectivity index (χ4v) is 1.15. The number of rotatable bonds is 4. The van der Waals surface area contributed by atoms with Crippen molar-refractivity contribution in [1.29, 1.82) is 0 Å². The normalized spacial score (nSPS) is 10.2. The Morgan fingerprint density at radius 3 is 2.92 bits per heavy atom. The van der Waals surface area contributed by atoms with Crippen LogP contribution in [0.25, 0.3) is 0 Å². The van der Waals surface area contributed by atoms with Crippen molar-refractivity contribution in [1.82, 2.24) is 4.98 Å². The van der Waals surface area contributed by atoms with Gasteiger partial charge in [-0.2, -0.15) is 0 Å². The summed E-state index contributed by atoms with van der Waals surface area (Å²) in [7, 11) is 0. The highest BCUT2D eigenvalue weighted by Gasteiger charge is 1.93. The van der Waals surface area contributed by atoms with Gasteiger partial charge >= 0.3 is 0 Å². The van der Waals surface area contributed by atoms with Crippen LogP contribution in [0.4, 0.5) is 0 Å². The first kappa shape index (κ1) is 9.20. The van der Waals surface area contributed by atoms with Crippen LogP contribution >= 0.6 is 0 Å². The smallest absolute Gasteiger partial charge is 0.0431 e. The van der Waals surface area contributed by atoms with Gasteiger partial charge in [-0.3, -0.25) is 4.98 Å². The van der Waals surface area contributed by atoms with E-state index in [0.29, 0.717) is 0 Å². The number of nitrogens with zero attached hydrogens (tertiary/aromatic N) is 1. The second-order valence-electron chi connectivity index (χ2n) is 3.01. The minimum atomic E-state index is 0.284. The molecule has 2 heteroatoms. The highest BCUT2D eigenvalue weighted by atomic mass is 16.2. The van der Waals surface area contributed by atoms with Gasteiger partial charge in [-0.15, -0.1) is 0 Å². The SMILES string of the molecule is Cc1ccnc(CCCCO)c1. The van der Waals surface area contributed by atoms with E-state index in [-0.39, 0.29) is 6.61 Å². The number of aryl methyl sites for hydroxylation is 2. The Kier molecular flexibility index (Phi) is 3.74. The van der Waals surface area contributed by atoms with Gasteiger partial charge in [-0.1, -0.05) is 0 Å². The fraction of sp³-hybridized carbons (Fsp3) is 0.500. The molecule has 0 aromatic carbocycles. The Bertz CT molecular complexity index is 235. The molecule has 66 valence electrons. The Morgan fingerprint density at radius 1 is 1.42 bits per heavy atom. The summed E-state index contributed by atoms with van der Waals surface area (Å²) in [5.41, 5.74) is 2.38. The number of aliphatic hydroxyl groups excluding tert-OH is 1. The van der Waals surface area contributed by atoms with Crippen molar-refractivity contribution >= 4 is 0 Å². The van der Waals surface area contributed by atoms with Gasteiger partial charge in [0, 0.05) is 18.5 Å². The average molecular weight is 165 g/mol. The second kappa shape index (κ2) is 4.88. The molecule has 0 spiro atoms. The highest BCUT2D eigenvalue weighted by Crippen LogP contribution is 2.03. The fourth-order valence-electron chi connectivity index (χ4n) is 1.15. The van der Waals surface area contributed by atoms with Crippen LogP contribution in [-0.2, 0) is 6.42 Å². The molecule has 0 aliphatic carbocycles. The molecule has 1 aromatic heterocycles. The zero-order chi connectivity index (χ0) is 8.81. The van der Waals surface area contributed by atoms with Crippen LogP contribution in [0.3, 0.4) is 0 Å². The molecule has 0 aliphatic rings. The maximum absolute atomic E-state index is 8.58. The Hall–Kier alpha value is -0.890. The van der Waals surface area contributed by atoms with Gasteiger partial charge in [0.2, 0.25) is 0 Å². The summed E-state index contributed by atoms with van der Waals surface area (Å²) in [6.45, 7) is 2.35. The van der Waals surface area contributed by atoms with Gasteiger partial charge in [-0.05, 0) is 43.9 Å². The molecular formula is C10H15NO. The van der Waals surface area contributed by atoms with Crippen LogP contribution in [0.5, 0.6) is 0 Å². The Balaban J connectivity index is 2.41. The highest BCUT2D eigenvalue weighted by molar-refractivity contribution is 5.14. The van der Waals surface area contributed by atoms with Crippen LogP contribution in [0, 0.1) is 6.92 Å². The van der Waals surface area contributed by atoms with Crippen molar-refractivity contribution in [3.05, 3.63) is 29.6 Å². The lowest BCUT2D eigenvalue weighted by Gasteiger charge is -1.99. The van der Waals surface area contributed by atoms with Crippen LogP contribution in [0.15, 0.2) is 18.3 Å². The van der Waals surface area contributed by atoms with Crippen LogP contribution < -0.4 is 0 Å². The summed E-state index contributed by atoms with van der Waals surface area (Å²) >= 11 is 0. The standard InChI is InChI=1S/C10H15NO/c1-9-5-6-11-10(8-9)4-2-3-7-12/h5-6,8,12H,2-4,7H2,1H3. The molecule has 0 fully saturated rings. The molecule has 0 bridgehead atoms. The molecule has 1 rings (SSSR count). The quantitative estimate of drug-likeness (QED) is 0.689. The van der Waals surface area contributed by atoms with Gasteiger partial charge in [0.1, 0.15) is 0 Å². The van der Waals surface area contributed by atoms with Crippen LogP contribution in [-0.4, -0.2) is 16.7 Å². The number of pyridine rings is 1. The van der Waals surface area contributed by atoms with E-state index in [4.69, 9.17) is 5.11 Å². The first-order chi connectivity index (χ1) is 5.83. The third-order valence-corrected chi connectivity index (χ3v) is 1.81. The van der Waals surface area contributed by atoms with Gasteiger partial charge < -0.3 is 5.11 Å².